The van der Waals surface area contributed by atoms with Crippen LogP contribution in [0.3, 0.4) is 0 Å². The van der Waals surface area contributed by atoms with Crippen LogP contribution in [-0.4, -0.2) is 78.3 Å². The van der Waals surface area contributed by atoms with Crippen molar-refractivity contribution < 1.29 is 24.5 Å². The van der Waals surface area contributed by atoms with E-state index in [1.165, 1.54) is 21.9 Å². The van der Waals surface area contributed by atoms with E-state index in [0.29, 0.717) is 17.8 Å². The van der Waals surface area contributed by atoms with Gasteiger partial charge in [-0.2, -0.15) is 0 Å². The fourth-order valence-electron chi connectivity index (χ4n) is 5.39. The molecule has 2 aromatic rings. The summed E-state index contributed by atoms with van der Waals surface area (Å²) in [6.07, 6.45) is 3.11. The Morgan fingerprint density at radius 3 is 2.26 bits per heavy atom. The third-order valence-corrected chi connectivity index (χ3v) is 7.69. The number of likely N-dealkylation sites (N-methyl/N-ethyl adjacent to an activating group) is 1. The quantitative estimate of drug-likeness (QED) is 0.212. The average Bonchev–Trinajstić information content (AvgIpc) is 3.19. The van der Waals surface area contributed by atoms with Crippen molar-refractivity contribution in [1.82, 2.24) is 5.01 Å². The molecule has 2 amide bonds. The van der Waals surface area contributed by atoms with Crippen LogP contribution >= 0.6 is 0 Å². The molecule has 0 aromatic heterocycles. The van der Waals surface area contributed by atoms with Crippen LogP contribution in [0.25, 0.3) is 0 Å². The van der Waals surface area contributed by atoms with E-state index >= 15 is 0 Å². The van der Waals surface area contributed by atoms with E-state index in [2.05, 4.69) is 17.4 Å². The lowest BCUT2D eigenvalue weighted by Crippen LogP contribution is -3.12. The lowest BCUT2D eigenvalue weighted by atomic mass is 9.92. The van der Waals surface area contributed by atoms with Crippen molar-refractivity contribution >= 4 is 34.6 Å². The molecular formula is C27H33N6O5+. The van der Waals surface area contributed by atoms with Gasteiger partial charge in [-0.25, -0.2) is 9.91 Å². The molecule has 2 fully saturated rings. The van der Waals surface area contributed by atoms with Crippen molar-refractivity contribution in [2.24, 2.45) is 5.92 Å². The minimum atomic E-state index is -0.880. The molecule has 4 atom stereocenters. The van der Waals surface area contributed by atoms with Gasteiger partial charge in [-0.1, -0.05) is 19.1 Å². The minimum absolute atomic E-state index is 0.0586. The van der Waals surface area contributed by atoms with Crippen molar-refractivity contribution in [3.8, 4) is 0 Å². The Labute approximate surface area is 221 Å². The van der Waals surface area contributed by atoms with Gasteiger partial charge in [0.25, 0.3) is 11.6 Å². The standard InChI is InChI=1S/C27H32N6O5/c1-3-24(34)23-13-12-22-25(32(23)28-18-4-6-21(7-5-18)33(37)38)27(36)31(26(22)35)20-10-8-19(9-11-20)30-16-14-29(2)15-17-30/h4-13,22-25,28,34H,3,14-17H2,1-2H3/p+1/t22-,23-,24-,25+/m1/s1. The molecule has 0 bridgehead atoms. The van der Waals surface area contributed by atoms with Crippen LogP contribution in [0.2, 0.25) is 0 Å². The summed E-state index contributed by atoms with van der Waals surface area (Å²) in [5.41, 5.74) is 5.17. The van der Waals surface area contributed by atoms with E-state index in [0.717, 1.165) is 31.9 Å². The van der Waals surface area contributed by atoms with Crippen LogP contribution in [0.15, 0.2) is 60.7 Å². The van der Waals surface area contributed by atoms with E-state index in [-0.39, 0.29) is 17.5 Å². The Bertz CT molecular complexity index is 1230. The zero-order valence-electron chi connectivity index (χ0n) is 21.5. The van der Waals surface area contributed by atoms with Crippen LogP contribution in [0.5, 0.6) is 0 Å². The summed E-state index contributed by atoms with van der Waals surface area (Å²) < 4.78 is 0. The third kappa shape index (κ3) is 4.75. The van der Waals surface area contributed by atoms with Gasteiger partial charge in [0, 0.05) is 23.5 Å². The van der Waals surface area contributed by atoms with Gasteiger partial charge in [0.05, 0.1) is 61.9 Å². The molecule has 3 heterocycles. The zero-order valence-corrected chi connectivity index (χ0v) is 21.5. The first kappa shape index (κ1) is 25.8. The van der Waals surface area contributed by atoms with Crippen LogP contribution in [0, 0.1) is 16.0 Å². The molecule has 0 spiro atoms. The maximum Gasteiger partial charge on any atom is 0.269 e. The number of aliphatic hydroxyl groups excluding tert-OH is 1. The number of carbonyl (C=O) groups is 2. The number of imide groups is 1. The molecule has 11 heteroatoms. The van der Waals surface area contributed by atoms with Gasteiger partial charge in [-0.15, -0.1) is 0 Å². The number of anilines is 3. The molecular weight excluding hydrogens is 488 g/mol. The Morgan fingerprint density at radius 2 is 1.66 bits per heavy atom. The number of nitro groups is 1. The van der Waals surface area contributed by atoms with E-state index in [1.807, 2.05) is 31.2 Å². The largest absolute Gasteiger partial charge is 0.391 e. The van der Waals surface area contributed by atoms with Crippen molar-refractivity contribution in [3.05, 3.63) is 70.8 Å². The highest BCUT2D eigenvalue weighted by Crippen LogP contribution is 2.36. The van der Waals surface area contributed by atoms with E-state index < -0.39 is 29.0 Å². The number of carbonyl (C=O) groups excluding carboxylic acids is 2. The summed E-state index contributed by atoms with van der Waals surface area (Å²) in [7, 11) is 2.18. The second-order valence-electron chi connectivity index (χ2n) is 10.1. The lowest BCUT2D eigenvalue weighted by molar-refractivity contribution is -0.880. The van der Waals surface area contributed by atoms with Crippen molar-refractivity contribution in [1.29, 1.82) is 0 Å². The van der Waals surface area contributed by atoms with Gasteiger partial charge in [0.2, 0.25) is 5.91 Å². The molecule has 5 rings (SSSR count). The number of nitrogens with zero attached hydrogens (tertiary/aromatic N) is 4. The summed E-state index contributed by atoms with van der Waals surface area (Å²) in [4.78, 5) is 42.9. The number of benzene rings is 2. The number of nitro benzene ring substituents is 1. The molecule has 200 valence electrons. The summed E-state index contributed by atoms with van der Waals surface area (Å²) in [6.45, 7) is 5.86. The van der Waals surface area contributed by atoms with Gasteiger partial charge >= 0.3 is 0 Å². The molecule has 38 heavy (non-hydrogen) atoms. The smallest absolute Gasteiger partial charge is 0.269 e. The van der Waals surface area contributed by atoms with Crippen molar-refractivity contribution in [3.63, 3.8) is 0 Å². The SMILES string of the molecule is CC[C@@H](O)[C@H]1C=C[C@H]2C(=O)N(c3ccc(N4CC[NH+](C)CC4)cc3)C(=O)[C@H]2N1Nc1ccc([N+](=O)[O-])cc1. The third-order valence-electron chi connectivity index (χ3n) is 7.69. The topological polar surface area (TPSA) is 124 Å². The van der Waals surface area contributed by atoms with Gasteiger partial charge in [-0.05, 0) is 42.8 Å². The highest BCUT2D eigenvalue weighted by Gasteiger charge is 2.54. The number of hydrogen-bond donors (Lipinski definition) is 3. The van der Waals surface area contributed by atoms with Crippen LogP contribution in [-0.2, 0) is 9.59 Å². The number of quaternary nitrogens is 1. The molecule has 0 radical (unpaired) electrons. The number of fused-ring (bicyclic) bond motifs is 1. The van der Waals surface area contributed by atoms with Gasteiger partial charge in [-0.3, -0.25) is 19.7 Å². The number of hydrogen-bond acceptors (Lipinski definition) is 8. The number of rotatable bonds is 7. The predicted molar refractivity (Wildman–Crippen MR) is 143 cm³/mol. The van der Waals surface area contributed by atoms with Gasteiger partial charge in [0.1, 0.15) is 6.04 Å². The fraction of sp³-hybridized carbons (Fsp3) is 0.407. The predicted octanol–water partition coefficient (Wildman–Crippen LogP) is 0.826. The number of hydrazine groups is 1. The zero-order chi connectivity index (χ0) is 27.0. The van der Waals surface area contributed by atoms with E-state index in [1.54, 1.807) is 29.3 Å². The first-order valence-corrected chi connectivity index (χ1v) is 13.0. The molecule has 0 saturated carbocycles. The molecule has 3 N–H and O–H groups in total. The van der Waals surface area contributed by atoms with Crippen LogP contribution < -0.4 is 20.1 Å². The second kappa shape index (κ2) is 10.5. The number of amides is 2. The molecule has 11 nitrogen and oxygen atoms in total. The molecule has 3 aliphatic rings. The van der Waals surface area contributed by atoms with Crippen molar-refractivity contribution in [2.75, 3.05) is 48.5 Å². The Morgan fingerprint density at radius 1 is 1.03 bits per heavy atom. The Kier molecular flexibility index (Phi) is 7.15. The average molecular weight is 522 g/mol. The monoisotopic (exact) mass is 521 g/mol. The maximum atomic E-state index is 13.8. The first-order valence-electron chi connectivity index (χ1n) is 13.0. The normalized spacial score (nSPS) is 25.0. The maximum absolute atomic E-state index is 13.8. The van der Waals surface area contributed by atoms with Crippen LogP contribution in [0.4, 0.5) is 22.7 Å². The van der Waals surface area contributed by atoms with Gasteiger partial charge in [0.15, 0.2) is 0 Å². The van der Waals surface area contributed by atoms with E-state index in [4.69, 9.17) is 0 Å². The Hall–Kier alpha value is -3.80. The molecule has 2 aromatic carbocycles. The highest BCUT2D eigenvalue weighted by molar-refractivity contribution is 6.24. The summed E-state index contributed by atoms with van der Waals surface area (Å²) in [5.74, 6) is -1.44. The van der Waals surface area contributed by atoms with E-state index in [9.17, 15) is 24.8 Å². The van der Waals surface area contributed by atoms with Crippen LogP contribution in [0.1, 0.15) is 13.3 Å². The molecule has 0 unspecified atom stereocenters. The fourth-order valence-corrected chi connectivity index (χ4v) is 5.39. The highest BCUT2D eigenvalue weighted by atomic mass is 16.6. The summed E-state index contributed by atoms with van der Waals surface area (Å²) in [6, 6.07) is 11.9. The van der Waals surface area contributed by atoms with Crippen molar-refractivity contribution in [2.45, 2.75) is 31.5 Å². The summed E-state index contributed by atoms with van der Waals surface area (Å²) >= 11 is 0. The number of aliphatic hydroxyl groups is 1. The second-order valence-corrected chi connectivity index (χ2v) is 10.1. The first-order chi connectivity index (χ1) is 18.3. The Balaban J connectivity index is 1.41. The number of non-ortho nitro benzene ring substituents is 1. The van der Waals surface area contributed by atoms with Gasteiger partial charge < -0.3 is 20.3 Å². The molecule has 0 aliphatic carbocycles. The minimum Gasteiger partial charge on any atom is -0.391 e. The summed E-state index contributed by atoms with van der Waals surface area (Å²) in [5, 5.41) is 23.4. The number of piperazine rings is 1. The number of nitrogens with one attached hydrogen (secondary N) is 2. The molecule has 2 saturated heterocycles. The lowest BCUT2D eigenvalue weighted by Gasteiger charge is -2.40. The molecule has 3 aliphatic heterocycles.